The number of benzene rings is 1. The van der Waals surface area contributed by atoms with Crippen LogP contribution in [0.2, 0.25) is 0 Å². The molecule has 4 rings (SSSR count). The van der Waals surface area contributed by atoms with Crippen LogP contribution in [0.5, 0.6) is 0 Å². The lowest BCUT2D eigenvalue weighted by atomic mass is 10.2. The molecule has 1 aliphatic rings. The highest BCUT2D eigenvalue weighted by Gasteiger charge is 2.19. The maximum Gasteiger partial charge on any atom is 0.224 e. The topological polar surface area (TPSA) is 105 Å². The van der Waals surface area contributed by atoms with E-state index in [0.29, 0.717) is 30.4 Å². The van der Waals surface area contributed by atoms with Gasteiger partial charge in [0.05, 0.1) is 11.9 Å². The van der Waals surface area contributed by atoms with Crippen LogP contribution in [0.3, 0.4) is 0 Å². The molecule has 1 saturated heterocycles. The van der Waals surface area contributed by atoms with E-state index in [4.69, 9.17) is 11.5 Å². The number of nitrogens with zero attached hydrogens (tertiary/aromatic N) is 7. The number of aromatic nitrogens is 4. The molecule has 9 nitrogen and oxygen atoms in total. The Morgan fingerprint density at radius 3 is 2.31 bits per heavy atom. The van der Waals surface area contributed by atoms with Gasteiger partial charge in [-0.1, -0.05) is 12.2 Å². The summed E-state index contributed by atoms with van der Waals surface area (Å²) >= 11 is 0. The Labute approximate surface area is 209 Å². The van der Waals surface area contributed by atoms with E-state index in [2.05, 4.69) is 26.0 Å². The predicted octanol–water partition coefficient (Wildman–Crippen LogP) is 2.74. The second kappa shape index (κ2) is 10.9. The van der Waals surface area contributed by atoms with Crippen molar-refractivity contribution in [1.29, 1.82) is 0 Å². The molecule has 0 radical (unpaired) electrons. The van der Waals surface area contributed by atoms with Crippen LogP contribution in [0, 0.1) is 18.6 Å². The molecule has 0 amide bonds. The van der Waals surface area contributed by atoms with Crippen molar-refractivity contribution < 1.29 is 8.78 Å². The van der Waals surface area contributed by atoms with Crippen LogP contribution >= 0.6 is 12.4 Å². The number of nitrogen functional groups attached to an aromatic ring is 2. The highest BCUT2D eigenvalue weighted by atomic mass is 35.5. The third-order valence-corrected chi connectivity index (χ3v) is 5.90. The SMILES string of the molecule is Cc1c(/C=C/CN2CCN(c3cc(F)c(N)c(F)c3)CC2)cnn1-c1cc(N(C)C)nc(N)n1.Cl. The van der Waals surface area contributed by atoms with Crippen molar-refractivity contribution in [3.63, 3.8) is 0 Å². The first-order valence-corrected chi connectivity index (χ1v) is 11.0. The second-order valence-corrected chi connectivity index (χ2v) is 8.45. The minimum Gasteiger partial charge on any atom is -0.394 e. The Morgan fingerprint density at radius 2 is 1.69 bits per heavy atom. The van der Waals surface area contributed by atoms with Crippen molar-refractivity contribution >= 4 is 41.6 Å². The quantitative estimate of drug-likeness (QED) is 0.493. The summed E-state index contributed by atoms with van der Waals surface area (Å²) in [5, 5.41) is 4.47. The van der Waals surface area contributed by atoms with E-state index >= 15 is 0 Å². The summed E-state index contributed by atoms with van der Waals surface area (Å²) in [6.07, 6.45) is 5.92. The fourth-order valence-electron chi connectivity index (χ4n) is 3.87. The third kappa shape index (κ3) is 5.80. The zero-order chi connectivity index (χ0) is 24.4. The first-order valence-electron chi connectivity index (χ1n) is 11.0. The van der Waals surface area contributed by atoms with Crippen molar-refractivity contribution in [2.75, 3.05) is 68.1 Å². The lowest BCUT2D eigenvalue weighted by Gasteiger charge is -2.35. The largest absolute Gasteiger partial charge is 0.394 e. The molecule has 1 aliphatic heterocycles. The van der Waals surface area contributed by atoms with Crippen LogP contribution in [-0.4, -0.2) is 71.5 Å². The minimum absolute atomic E-state index is 0. The Morgan fingerprint density at radius 1 is 1.03 bits per heavy atom. The van der Waals surface area contributed by atoms with Gasteiger partial charge in [-0.05, 0) is 19.1 Å². The molecule has 1 aromatic carbocycles. The van der Waals surface area contributed by atoms with Gasteiger partial charge in [0.2, 0.25) is 5.95 Å². The Hall–Kier alpha value is -3.44. The molecule has 188 valence electrons. The predicted molar refractivity (Wildman–Crippen MR) is 138 cm³/mol. The van der Waals surface area contributed by atoms with Crippen LogP contribution in [0.15, 0.2) is 30.5 Å². The number of nitrogens with two attached hydrogens (primary N) is 2. The van der Waals surface area contributed by atoms with Gasteiger partial charge in [-0.15, -0.1) is 12.4 Å². The molecule has 12 heteroatoms. The molecule has 0 spiro atoms. The van der Waals surface area contributed by atoms with E-state index in [9.17, 15) is 8.78 Å². The van der Waals surface area contributed by atoms with Crippen LogP contribution in [0.1, 0.15) is 11.3 Å². The lowest BCUT2D eigenvalue weighted by Crippen LogP contribution is -2.46. The molecule has 2 aromatic heterocycles. The zero-order valence-corrected chi connectivity index (χ0v) is 20.8. The number of hydrogen-bond acceptors (Lipinski definition) is 8. The highest BCUT2D eigenvalue weighted by molar-refractivity contribution is 5.85. The number of halogens is 3. The third-order valence-electron chi connectivity index (χ3n) is 5.90. The number of hydrogen-bond donors (Lipinski definition) is 2. The highest BCUT2D eigenvalue weighted by Crippen LogP contribution is 2.24. The molecule has 35 heavy (non-hydrogen) atoms. The van der Waals surface area contributed by atoms with E-state index < -0.39 is 17.3 Å². The summed E-state index contributed by atoms with van der Waals surface area (Å²) in [5.41, 5.74) is 13.2. The molecule has 0 unspecified atom stereocenters. The fourth-order valence-corrected chi connectivity index (χ4v) is 3.87. The molecular formula is C23H30ClF2N9. The van der Waals surface area contributed by atoms with Crippen molar-refractivity contribution in [1.82, 2.24) is 24.6 Å². The van der Waals surface area contributed by atoms with Crippen molar-refractivity contribution in [2.45, 2.75) is 6.92 Å². The van der Waals surface area contributed by atoms with Crippen LogP contribution < -0.4 is 21.3 Å². The summed E-state index contributed by atoms with van der Waals surface area (Å²) in [6, 6.07) is 4.42. The first kappa shape index (κ1) is 26.2. The average Bonchev–Trinajstić information content (AvgIpc) is 3.17. The maximum atomic E-state index is 13.8. The minimum atomic E-state index is -0.723. The molecular weight excluding hydrogens is 476 g/mol. The number of piperazine rings is 1. The van der Waals surface area contributed by atoms with Gasteiger partial charge in [0.25, 0.3) is 0 Å². The second-order valence-electron chi connectivity index (χ2n) is 8.45. The molecule has 0 bridgehead atoms. The Bertz CT molecular complexity index is 1180. The van der Waals surface area contributed by atoms with Gasteiger partial charge in [0.15, 0.2) is 17.5 Å². The van der Waals surface area contributed by atoms with E-state index in [1.54, 1.807) is 10.9 Å². The monoisotopic (exact) mass is 505 g/mol. The van der Waals surface area contributed by atoms with Crippen LogP contribution in [-0.2, 0) is 0 Å². The van der Waals surface area contributed by atoms with Gasteiger partial charge in [0, 0.05) is 64.1 Å². The van der Waals surface area contributed by atoms with E-state index in [0.717, 1.165) is 30.9 Å². The molecule has 0 aliphatic carbocycles. The molecule has 0 atom stereocenters. The standard InChI is InChI=1S/C23H29F2N9.ClH/c1-15-16(14-28-34(15)21-13-20(31(2)3)29-23(27)30-21)5-4-6-32-7-9-33(10-8-32)17-11-18(24)22(26)19(25)12-17;/h4-5,11-14H,6-10,26H2,1-3H3,(H2,27,29,30);1H/b5-4+;. The molecule has 3 aromatic rings. The van der Waals surface area contributed by atoms with Gasteiger partial charge in [-0.3, -0.25) is 4.90 Å². The van der Waals surface area contributed by atoms with Gasteiger partial charge in [-0.2, -0.15) is 15.1 Å². The Balaban J connectivity index is 0.00000342. The summed E-state index contributed by atoms with van der Waals surface area (Å²) < 4.78 is 29.3. The molecule has 1 fully saturated rings. The first-order chi connectivity index (χ1) is 16.2. The van der Waals surface area contributed by atoms with Crippen molar-refractivity contribution in [3.8, 4) is 5.82 Å². The smallest absolute Gasteiger partial charge is 0.224 e. The van der Waals surface area contributed by atoms with Crippen molar-refractivity contribution in [3.05, 3.63) is 53.4 Å². The molecule has 0 saturated carbocycles. The average molecular weight is 506 g/mol. The van der Waals surface area contributed by atoms with Gasteiger partial charge < -0.3 is 21.3 Å². The summed E-state index contributed by atoms with van der Waals surface area (Å²) in [7, 11) is 3.78. The molecule has 3 heterocycles. The number of anilines is 4. The van der Waals surface area contributed by atoms with E-state index in [1.807, 2.05) is 43.0 Å². The summed E-state index contributed by atoms with van der Waals surface area (Å²) in [4.78, 5) is 14.6. The molecule has 4 N–H and O–H groups in total. The van der Waals surface area contributed by atoms with E-state index in [1.165, 1.54) is 12.1 Å². The maximum absolute atomic E-state index is 13.8. The normalized spacial score (nSPS) is 14.4. The van der Waals surface area contributed by atoms with E-state index in [-0.39, 0.29) is 18.4 Å². The summed E-state index contributed by atoms with van der Waals surface area (Å²) in [6.45, 7) is 5.65. The van der Waals surface area contributed by atoms with Crippen LogP contribution in [0.25, 0.3) is 11.9 Å². The Kier molecular flexibility index (Phi) is 8.13. The van der Waals surface area contributed by atoms with Crippen molar-refractivity contribution in [2.24, 2.45) is 0 Å². The lowest BCUT2D eigenvalue weighted by molar-refractivity contribution is 0.284. The summed E-state index contributed by atoms with van der Waals surface area (Å²) in [5.74, 6) is 0.0626. The van der Waals surface area contributed by atoms with Gasteiger partial charge >= 0.3 is 0 Å². The zero-order valence-electron chi connectivity index (χ0n) is 19.9. The van der Waals surface area contributed by atoms with Crippen LogP contribution in [0.4, 0.5) is 31.9 Å². The fraction of sp³-hybridized carbons (Fsp3) is 0.348. The van der Waals surface area contributed by atoms with Gasteiger partial charge in [-0.25, -0.2) is 13.5 Å². The number of rotatable bonds is 6. The van der Waals surface area contributed by atoms with Gasteiger partial charge in [0.1, 0.15) is 11.5 Å².